The second-order valence-electron chi connectivity index (χ2n) is 5.90. The highest BCUT2D eigenvalue weighted by atomic mass is 16.5. The zero-order chi connectivity index (χ0) is 17.3. The molecule has 4 heteroatoms. The molecule has 122 valence electrons. The SMILES string of the molecule is COc1ccc2cc(C(=O)Nc3c(C)cccc3C)c(C)nc2c1. The van der Waals surface area contributed by atoms with Gasteiger partial charge in [-0.1, -0.05) is 18.2 Å². The zero-order valence-corrected chi connectivity index (χ0v) is 14.3. The Balaban J connectivity index is 1.99. The standard InChI is InChI=1S/C20H20N2O2/c1-12-6-5-7-13(2)19(12)22-20(23)17-10-15-8-9-16(24-4)11-18(15)21-14(17)3/h5-11H,1-4H3,(H,22,23). The summed E-state index contributed by atoms with van der Waals surface area (Å²) in [6.45, 7) is 5.82. The van der Waals surface area contributed by atoms with E-state index in [-0.39, 0.29) is 5.91 Å². The summed E-state index contributed by atoms with van der Waals surface area (Å²) < 4.78 is 5.23. The first kappa shape index (κ1) is 16.0. The molecule has 0 aliphatic heterocycles. The number of para-hydroxylation sites is 1. The lowest BCUT2D eigenvalue weighted by atomic mass is 10.1. The summed E-state index contributed by atoms with van der Waals surface area (Å²) in [4.78, 5) is 17.3. The van der Waals surface area contributed by atoms with Crippen molar-refractivity contribution in [3.8, 4) is 5.75 Å². The first-order chi connectivity index (χ1) is 11.5. The summed E-state index contributed by atoms with van der Waals surface area (Å²) in [6, 6.07) is 13.5. The third kappa shape index (κ3) is 2.95. The largest absolute Gasteiger partial charge is 0.497 e. The molecular weight excluding hydrogens is 300 g/mol. The highest BCUT2D eigenvalue weighted by molar-refractivity contribution is 6.07. The van der Waals surface area contributed by atoms with Gasteiger partial charge in [-0.15, -0.1) is 0 Å². The molecule has 0 bridgehead atoms. The number of fused-ring (bicyclic) bond motifs is 1. The lowest BCUT2D eigenvalue weighted by Crippen LogP contribution is -2.15. The van der Waals surface area contributed by atoms with E-state index in [1.54, 1.807) is 7.11 Å². The minimum atomic E-state index is -0.143. The van der Waals surface area contributed by atoms with Crippen LogP contribution in [0.5, 0.6) is 5.75 Å². The van der Waals surface area contributed by atoms with Crippen LogP contribution in [0, 0.1) is 20.8 Å². The highest BCUT2D eigenvalue weighted by Crippen LogP contribution is 2.24. The fraction of sp³-hybridized carbons (Fsp3) is 0.200. The molecule has 0 aliphatic rings. The zero-order valence-electron chi connectivity index (χ0n) is 14.3. The minimum absolute atomic E-state index is 0.143. The molecule has 3 aromatic rings. The average Bonchev–Trinajstić information content (AvgIpc) is 2.57. The molecule has 0 spiro atoms. The van der Waals surface area contributed by atoms with Gasteiger partial charge in [0.2, 0.25) is 0 Å². The maximum atomic E-state index is 12.7. The van der Waals surface area contributed by atoms with Gasteiger partial charge in [-0.2, -0.15) is 0 Å². The number of nitrogens with zero attached hydrogens (tertiary/aromatic N) is 1. The van der Waals surface area contributed by atoms with Gasteiger partial charge >= 0.3 is 0 Å². The Morgan fingerprint density at radius 1 is 1.04 bits per heavy atom. The van der Waals surface area contributed by atoms with Crippen LogP contribution in [0.25, 0.3) is 10.9 Å². The number of amides is 1. The molecule has 0 atom stereocenters. The third-order valence-electron chi connectivity index (χ3n) is 4.18. The van der Waals surface area contributed by atoms with Gasteiger partial charge in [0.15, 0.2) is 0 Å². The Labute approximate surface area is 141 Å². The van der Waals surface area contributed by atoms with E-state index < -0.39 is 0 Å². The number of aromatic nitrogens is 1. The monoisotopic (exact) mass is 320 g/mol. The fourth-order valence-electron chi connectivity index (χ4n) is 2.79. The molecule has 4 nitrogen and oxygen atoms in total. The topological polar surface area (TPSA) is 51.2 Å². The van der Waals surface area contributed by atoms with E-state index >= 15 is 0 Å². The first-order valence-corrected chi connectivity index (χ1v) is 7.82. The number of rotatable bonds is 3. The Kier molecular flexibility index (Phi) is 4.21. The van der Waals surface area contributed by atoms with E-state index in [0.717, 1.165) is 33.5 Å². The predicted octanol–water partition coefficient (Wildman–Crippen LogP) is 4.42. The van der Waals surface area contributed by atoms with E-state index in [2.05, 4.69) is 10.3 Å². The normalized spacial score (nSPS) is 10.7. The maximum Gasteiger partial charge on any atom is 0.257 e. The third-order valence-corrected chi connectivity index (χ3v) is 4.18. The van der Waals surface area contributed by atoms with Crippen LogP contribution < -0.4 is 10.1 Å². The molecule has 24 heavy (non-hydrogen) atoms. The molecule has 1 N–H and O–H groups in total. The quantitative estimate of drug-likeness (QED) is 0.777. The molecular formula is C20H20N2O2. The molecule has 0 unspecified atom stereocenters. The fourth-order valence-corrected chi connectivity index (χ4v) is 2.79. The van der Waals surface area contributed by atoms with Crippen molar-refractivity contribution in [1.82, 2.24) is 4.98 Å². The van der Waals surface area contributed by atoms with Crippen molar-refractivity contribution < 1.29 is 9.53 Å². The van der Waals surface area contributed by atoms with Gasteiger partial charge < -0.3 is 10.1 Å². The Bertz CT molecular complexity index is 912. The lowest BCUT2D eigenvalue weighted by molar-refractivity contribution is 0.102. The van der Waals surface area contributed by atoms with Gasteiger partial charge in [-0.25, -0.2) is 0 Å². The van der Waals surface area contributed by atoms with Crippen molar-refractivity contribution >= 4 is 22.5 Å². The minimum Gasteiger partial charge on any atom is -0.497 e. The summed E-state index contributed by atoms with van der Waals surface area (Å²) in [6.07, 6.45) is 0. The van der Waals surface area contributed by atoms with Crippen molar-refractivity contribution in [3.05, 3.63) is 64.8 Å². The van der Waals surface area contributed by atoms with Crippen LogP contribution >= 0.6 is 0 Å². The number of ether oxygens (including phenoxy) is 1. The van der Waals surface area contributed by atoms with Crippen LogP contribution in [-0.2, 0) is 0 Å². The number of carbonyl (C=O) groups is 1. The van der Waals surface area contributed by atoms with Crippen molar-refractivity contribution in [3.63, 3.8) is 0 Å². The van der Waals surface area contributed by atoms with Crippen molar-refractivity contribution in [2.75, 3.05) is 12.4 Å². The lowest BCUT2D eigenvalue weighted by Gasteiger charge is -2.13. The van der Waals surface area contributed by atoms with Crippen LogP contribution in [0.15, 0.2) is 42.5 Å². The number of aryl methyl sites for hydroxylation is 3. The molecule has 0 aliphatic carbocycles. The van der Waals surface area contributed by atoms with Crippen molar-refractivity contribution in [1.29, 1.82) is 0 Å². The summed E-state index contributed by atoms with van der Waals surface area (Å²) in [7, 11) is 1.63. The van der Waals surface area contributed by atoms with Crippen LogP contribution in [0.4, 0.5) is 5.69 Å². The van der Waals surface area contributed by atoms with Crippen LogP contribution in [0.3, 0.4) is 0 Å². The molecule has 0 saturated carbocycles. The smallest absolute Gasteiger partial charge is 0.257 e. The van der Waals surface area contributed by atoms with E-state index in [4.69, 9.17) is 4.74 Å². The number of benzene rings is 2. The van der Waals surface area contributed by atoms with Gasteiger partial charge in [0.05, 0.1) is 23.9 Å². The molecule has 2 aromatic carbocycles. The number of carbonyl (C=O) groups excluding carboxylic acids is 1. The Morgan fingerprint density at radius 2 is 1.75 bits per heavy atom. The molecule has 1 aromatic heterocycles. The van der Waals surface area contributed by atoms with Gasteiger partial charge in [-0.3, -0.25) is 9.78 Å². The second-order valence-corrected chi connectivity index (χ2v) is 5.90. The number of methoxy groups -OCH3 is 1. The predicted molar refractivity (Wildman–Crippen MR) is 96.9 cm³/mol. The summed E-state index contributed by atoms with van der Waals surface area (Å²) in [5.41, 5.74) is 5.03. The van der Waals surface area contributed by atoms with Gasteiger partial charge in [0.25, 0.3) is 5.91 Å². The average molecular weight is 320 g/mol. The summed E-state index contributed by atoms with van der Waals surface area (Å²) in [5.74, 6) is 0.609. The van der Waals surface area contributed by atoms with Gasteiger partial charge in [0, 0.05) is 17.1 Å². The molecule has 0 saturated heterocycles. The first-order valence-electron chi connectivity index (χ1n) is 7.82. The number of hydrogen-bond acceptors (Lipinski definition) is 3. The molecule has 3 rings (SSSR count). The Hall–Kier alpha value is -2.88. The van der Waals surface area contributed by atoms with Crippen LogP contribution in [-0.4, -0.2) is 18.0 Å². The molecule has 0 radical (unpaired) electrons. The molecule has 1 heterocycles. The summed E-state index contributed by atoms with van der Waals surface area (Å²) in [5, 5.41) is 3.93. The summed E-state index contributed by atoms with van der Waals surface area (Å²) >= 11 is 0. The second kappa shape index (κ2) is 6.32. The Morgan fingerprint density at radius 3 is 2.42 bits per heavy atom. The number of pyridine rings is 1. The number of anilines is 1. The van der Waals surface area contributed by atoms with Gasteiger partial charge in [-0.05, 0) is 50.1 Å². The van der Waals surface area contributed by atoms with E-state index in [0.29, 0.717) is 11.3 Å². The van der Waals surface area contributed by atoms with E-state index in [1.807, 2.05) is 63.2 Å². The number of hydrogen-bond donors (Lipinski definition) is 1. The van der Waals surface area contributed by atoms with Crippen molar-refractivity contribution in [2.24, 2.45) is 0 Å². The highest BCUT2D eigenvalue weighted by Gasteiger charge is 2.14. The van der Waals surface area contributed by atoms with Crippen LogP contribution in [0.2, 0.25) is 0 Å². The molecule has 0 fully saturated rings. The van der Waals surface area contributed by atoms with Crippen LogP contribution in [0.1, 0.15) is 27.2 Å². The van der Waals surface area contributed by atoms with E-state index in [9.17, 15) is 4.79 Å². The number of nitrogens with one attached hydrogen (secondary N) is 1. The van der Waals surface area contributed by atoms with Crippen molar-refractivity contribution in [2.45, 2.75) is 20.8 Å². The maximum absolute atomic E-state index is 12.7. The van der Waals surface area contributed by atoms with E-state index in [1.165, 1.54) is 0 Å². The molecule has 1 amide bonds. The van der Waals surface area contributed by atoms with Gasteiger partial charge in [0.1, 0.15) is 5.75 Å².